The molecule has 0 aliphatic rings. The minimum Gasteiger partial charge on any atom is -0.396 e. The Hall–Kier alpha value is -1.49. The second-order valence-electron chi connectivity index (χ2n) is 3.73. The molecule has 0 radical (unpaired) electrons. The van der Waals surface area contributed by atoms with Gasteiger partial charge in [-0.2, -0.15) is 0 Å². The summed E-state index contributed by atoms with van der Waals surface area (Å²) in [6, 6.07) is 3.31. The van der Waals surface area contributed by atoms with E-state index in [0.29, 0.717) is 16.7 Å². The van der Waals surface area contributed by atoms with Crippen LogP contribution in [0.3, 0.4) is 0 Å². The smallest absolute Gasteiger partial charge is 0.237 e. The highest BCUT2D eigenvalue weighted by Gasteiger charge is 2.17. The number of nitrogens with two attached hydrogens (primary N) is 2. The SMILES string of the molecule is CC(C)N(CC(N)=O)c1nc(Cl)ccc1N. The monoisotopic (exact) mass is 242 g/mol. The molecule has 0 aliphatic heterocycles. The topological polar surface area (TPSA) is 85.2 Å². The molecule has 1 rings (SSSR count). The van der Waals surface area contributed by atoms with Crippen LogP contribution < -0.4 is 16.4 Å². The van der Waals surface area contributed by atoms with Gasteiger partial charge in [-0.1, -0.05) is 11.6 Å². The van der Waals surface area contributed by atoms with E-state index in [-0.39, 0.29) is 12.6 Å². The normalized spacial score (nSPS) is 10.5. The molecule has 0 aromatic carbocycles. The number of rotatable bonds is 4. The van der Waals surface area contributed by atoms with Crippen molar-refractivity contribution in [1.29, 1.82) is 0 Å². The number of nitrogen functional groups attached to an aromatic ring is 1. The quantitative estimate of drug-likeness (QED) is 0.772. The van der Waals surface area contributed by atoms with Gasteiger partial charge in [0.1, 0.15) is 5.15 Å². The van der Waals surface area contributed by atoms with E-state index in [1.54, 1.807) is 17.0 Å². The Balaban J connectivity index is 3.09. The van der Waals surface area contributed by atoms with Crippen LogP contribution in [0.15, 0.2) is 12.1 Å². The molecule has 4 N–H and O–H groups in total. The molecule has 0 unspecified atom stereocenters. The van der Waals surface area contributed by atoms with E-state index in [0.717, 1.165) is 0 Å². The molecule has 88 valence electrons. The van der Waals surface area contributed by atoms with Crippen molar-refractivity contribution in [3.63, 3.8) is 0 Å². The predicted octanol–water partition coefficient (Wildman–Crippen LogP) is 1.02. The van der Waals surface area contributed by atoms with Gasteiger partial charge >= 0.3 is 0 Å². The number of nitrogens with zero attached hydrogens (tertiary/aromatic N) is 2. The summed E-state index contributed by atoms with van der Waals surface area (Å²) >= 11 is 5.79. The van der Waals surface area contributed by atoms with Gasteiger partial charge in [-0.25, -0.2) is 4.98 Å². The number of aromatic nitrogens is 1. The zero-order valence-electron chi connectivity index (χ0n) is 9.27. The molecule has 0 atom stereocenters. The van der Waals surface area contributed by atoms with Crippen molar-refractivity contribution in [1.82, 2.24) is 4.98 Å². The largest absolute Gasteiger partial charge is 0.396 e. The van der Waals surface area contributed by atoms with E-state index in [1.807, 2.05) is 13.8 Å². The molecular weight excluding hydrogens is 228 g/mol. The highest BCUT2D eigenvalue weighted by atomic mass is 35.5. The van der Waals surface area contributed by atoms with Crippen LogP contribution in [0, 0.1) is 0 Å². The van der Waals surface area contributed by atoms with Crippen molar-refractivity contribution in [2.45, 2.75) is 19.9 Å². The first-order valence-corrected chi connectivity index (χ1v) is 5.26. The molecule has 0 aliphatic carbocycles. The van der Waals surface area contributed by atoms with Crippen LogP contribution in [0.5, 0.6) is 0 Å². The third-order valence-electron chi connectivity index (χ3n) is 2.09. The van der Waals surface area contributed by atoms with Crippen molar-refractivity contribution in [2.75, 3.05) is 17.2 Å². The Morgan fingerprint density at radius 2 is 2.19 bits per heavy atom. The summed E-state index contributed by atoms with van der Waals surface area (Å²) < 4.78 is 0. The summed E-state index contributed by atoms with van der Waals surface area (Å²) in [4.78, 5) is 16.8. The fourth-order valence-corrected chi connectivity index (χ4v) is 1.48. The van der Waals surface area contributed by atoms with E-state index < -0.39 is 5.91 Å². The summed E-state index contributed by atoms with van der Waals surface area (Å²) in [5.74, 6) is 0.0520. The lowest BCUT2D eigenvalue weighted by molar-refractivity contribution is -0.116. The van der Waals surface area contributed by atoms with Crippen LogP contribution in [0.4, 0.5) is 11.5 Å². The number of carbonyl (C=O) groups is 1. The lowest BCUT2D eigenvalue weighted by Crippen LogP contribution is -2.39. The molecule has 1 heterocycles. The van der Waals surface area contributed by atoms with E-state index in [9.17, 15) is 4.79 Å². The molecule has 0 saturated heterocycles. The Bertz CT molecular complexity index is 394. The van der Waals surface area contributed by atoms with Gasteiger partial charge < -0.3 is 16.4 Å². The number of pyridine rings is 1. The second-order valence-corrected chi connectivity index (χ2v) is 4.12. The first-order chi connectivity index (χ1) is 7.41. The lowest BCUT2D eigenvalue weighted by atomic mass is 10.2. The van der Waals surface area contributed by atoms with Crippen LogP contribution in [-0.2, 0) is 4.79 Å². The fraction of sp³-hybridized carbons (Fsp3) is 0.400. The molecule has 6 heteroatoms. The van der Waals surface area contributed by atoms with Crippen LogP contribution in [0.2, 0.25) is 5.15 Å². The van der Waals surface area contributed by atoms with E-state index in [2.05, 4.69) is 4.98 Å². The van der Waals surface area contributed by atoms with Crippen molar-refractivity contribution in [3.8, 4) is 0 Å². The van der Waals surface area contributed by atoms with Crippen LogP contribution >= 0.6 is 11.6 Å². The van der Waals surface area contributed by atoms with Gasteiger partial charge in [-0.3, -0.25) is 4.79 Å². The predicted molar refractivity (Wildman–Crippen MR) is 65.3 cm³/mol. The van der Waals surface area contributed by atoms with Crippen LogP contribution in [0.25, 0.3) is 0 Å². The lowest BCUT2D eigenvalue weighted by Gasteiger charge is -2.27. The van der Waals surface area contributed by atoms with Gasteiger partial charge in [0.15, 0.2) is 5.82 Å². The first kappa shape index (κ1) is 12.6. The second kappa shape index (κ2) is 5.03. The van der Waals surface area contributed by atoms with Gasteiger partial charge in [-0.15, -0.1) is 0 Å². The van der Waals surface area contributed by atoms with Crippen molar-refractivity contribution >= 4 is 29.0 Å². The van der Waals surface area contributed by atoms with Crippen molar-refractivity contribution < 1.29 is 4.79 Å². The minimum absolute atomic E-state index is 0.0563. The Kier molecular flexibility index (Phi) is 3.95. The molecular formula is C10H15ClN4O. The molecule has 16 heavy (non-hydrogen) atoms. The number of hydrogen-bond donors (Lipinski definition) is 2. The van der Waals surface area contributed by atoms with Crippen LogP contribution in [0.1, 0.15) is 13.8 Å². The number of carbonyl (C=O) groups excluding carboxylic acids is 1. The molecule has 1 amide bonds. The van der Waals surface area contributed by atoms with E-state index >= 15 is 0 Å². The zero-order valence-corrected chi connectivity index (χ0v) is 10.0. The maximum atomic E-state index is 11.0. The van der Waals surface area contributed by atoms with Gasteiger partial charge in [0, 0.05) is 6.04 Å². The first-order valence-electron chi connectivity index (χ1n) is 4.88. The van der Waals surface area contributed by atoms with Gasteiger partial charge in [0.05, 0.1) is 12.2 Å². The maximum absolute atomic E-state index is 11.0. The summed E-state index contributed by atoms with van der Waals surface area (Å²) in [5, 5.41) is 0.333. The fourth-order valence-electron chi connectivity index (χ4n) is 1.34. The number of halogens is 1. The van der Waals surface area contributed by atoms with E-state index in [1.165, 1.54) is 0 Å². The summed E-state index contributed by atoms with van der Waals surface area (Å²) in [7, 11) is 0. The number of anilines is 2. The molecule has 1 aromatic rings. The highest BCUT2D eigenvalue weighted by molar-refractivity contribution is 6.29. The third-order valence-corrected chi connectivity index (χ3v) is 2.30. The number of primary amides is 1. The van der Waals surface area contributed by atoms with E-state index in [4.69, 9.17) is 23.1 Å². The number of amides is 1. The molecule has 0 saturated carbocycles. The summed E-state index contributed by atoms with van der Waals surface area (Å²) in [6.07, 6.45) is 0. The van der Waals surface area contributed by atoms with Crippen molar-refractivity contribution in [2.24, 2.45) is 5.73 Å². The van der Waals surface area contributed by atoms with Gasteiger partial charge in [0.2, 0.25) is 5.91 Å². The zero-order chi connectivity index (χ0) is 12.3. The summed E-state index contributed by atoms with van der Waals surface area (Å²) in [5.41, 5.74) is 11.4. The molecule has 5 nitrogen and oxygen atoms in total. The molecule has 0 bridgehead atoms. The van der Waals surface area contributed by atoms with Gasteiger partial charge in [0.25, 0.3) is 0 Å². The third kappa shape index (κ3) is 3.00. The van der Waals surface area contributed by atoms with Crippen molar-refractivity contribution in [3.05, 3.63) is 17.3 Å². The minimum atomic E-state index is -0.435. The Morgan fingerprint density at radius 1 is 1.56 bits per heavy atom. The molecule has 0 spiro atoms. The Morgan fingerprint density at radius 3 is 2.69 bits per heavy atom. The average molecular weight is 243 g/mol. The average Bonchev–Trinajstić information content (AvgIpc) is 2.18. The van der Waals surface area contributed by atoms with Crippen LogP contribution in [-0.4, -0.2) is 23.5 Å². The maximum Gasteiger partial charge on any atom is 0.237 e. The molecule has 1 aromatic heterocycles. The number of hydrogen-bond acceptors (Lipinski definition) is 4. The standard InChI is InChI=1S/C10H15ClN4O/c1-6(2)15(5-9(13)16)10-7(12)3-4-8(11)14-10/h3-4,6H,5,12H2,1-2H3,(H2,13,16). The Labute approximate surface area is 99.4 Å². The van der Waals surface area contributed by atoms with Gasteiger partial charge in [-0.05, 0) is 26.0 Å². The molecule has 0 fully saturated rings. The highest BCUT2D eigenvalue weighted by Crippen LogP contribution is 2.24. The summed E-state index contributed by atoms with van der Waals surface area (Å²) in [6.45, 7) is 3.91.